The normalized spacial score (nSPS) is 12.8. The first-order valence-electron chi connectivity index (χ1n) is 5.21. The van der Waals surface area contributed by atoms with Gasteiger partial charge in [-0.3, -0.25) is 0 Å². The summed E-state index contributed by atoms with van der Waals surface area (Å²) in [5, 5.41) is 0. The van der Waals surface area contributed by atoms with Crippen LogP contribution in [0, 0.1) is 6.92 Å². The molecule has 0 spiro atoms. The van der Waals surface area contributed by atoms with Gasteiger partial charge in [-0.15, -0.1) is 0 Å². The molecule has 1 aromatic heterocycles. The van der Waals surface area contributed by atoms with Crippen molar-refractivity contribution in [3.05, 3.63) is 17.1 Å². The van der Waals surface area contributed by atoms with Gasteiger partial charge in [0.2, 0.25) is 0 Å². The third-order valence-corrected chi connectivity index (χ3v) is 2.47. The van der Waals surface area contributed by atoms with Crippen LogP contribution in [0.15, 0.2) is 0 Å². The number of hydrogen-bond acceptors (Lipinski definition) is 4. The zero-order chi connectivity index (χ0) is 11.4. The van der Waals surface area contributed by atoms with E-state index in [1.54, 1.807) is 7.11 Å². The van der Waals surface area contributed by atoms with Gasteiger partial charge in [0.15, 0.2) is 0 Å². The van der Waals surface area contributed by atoms with Crippen molar-refractivity contribution in [2.75, 3.05) is 19.5 Å². The lowest BCUT2D eigenvalue weighted by atomic mass is 10.1. The molecule has 1 atom stereocenters. The second-order valence-electron chi connectivity index (χ2n) is 3.74. The number of nitrogens with two attached hydrogens (primary N) is 1. The SMILES string of the molecule is CCc1c(C)nc(C(C)COC)nc1N. The predicted octanol–water partition coefficient (Wildman–Crippen LogP) is 1.68. The minimum atomic E-state index is 0.182. The molecule has 0 saturated heterocycles. The Labute approximate surface area is 90.9 Å². The molecule has 0 amide bonds. The number of hydrogen-bond donors (Lipinski definition) is 1. The first-order chi connectivity index (χ1) is 7.10. The second kappa shape index (κ2) is 5.07. The number of rotatable bonds is 4. The Morgan fingerprint density at radius 1 is 1.40 bits per heavy atom. The van der Waals surface area contributed by atoms with Gasteiger partial charge in [0.25, 0.3) is 0 Å². The van der Waals surface area contributed by atoms with Gasteiger partial charge in [-0.1, -0.05) is 13.8 Å². The molecular weight excluding hydrogens is 190 g/mol. The molecule has 0 aliphatic rings. The lowest BCUT2D eigenvalue weighted by molar-refractivity contribution is 0.181. The van der Waals surface area contributed by atoms with Crippen molar-refractivity contribution in [1.29, 1.82) is 0 Å². The summed E-state index contributed by atoms with van der Waals surface area (Å²) in [6.45, 7) is 6.67. The smallest absolute Gasteiger partial charge is 0.136 e. The Hall–Kier alpha value is -1.16. The fraction of sp³-hybridized carbons (Fsp3) is 0.636. The van der Waals surface area contributed by atoms with Crippen LogP contribution in [0.1, 0.15) is 36.8 Å². The molecule has 1 rings (SSSR count). The van der Waals surface area contributed by atoms with Crippen LogP contribution in [-0.2, 0) is 11.2 Å². The summed E-state index contributed by atoms with van der Waals surface area (Å²) in [6, 6.07) is 0. The van der Waals surface area contributed by atoms with E-state index in [0.29, 0.717) is 12.4 Å². The third kappa shape index (κ3) is 2.65. The number of aromatic nitrogens is 2. The van der Waals surface area contributed by atoms with Crippen LogP contribution in [0.4, 0.5) is 5.82 Å². The highest BCUT2D eigenvalue weighted by molar-refractivity contribution is 5.42. The lowest BCUT2D eigenvalue weighted by Crippen LogP contribution is -2.12. The standard InChI is InChI=1S/C11H19N3O/c1-5-9-8(3)13-11(14-10(9)12)7(2)6-15-4/h7H,5-6H2,1-4H3,(H2,12,13,14). The lowest BCUT2D eigenvalue weighted by Gasteiger charge is -2.13. The Kier molecular flexibility index (Phi) is 4.03. The topological polar surface area (TPSA) is 61.0 Å². The van der Waals surface area contributed by atoms with Crippen LogP contribution >= 0.6 is 0 Å². The first kappa shape index (κ1) is 11.9. The zero-order valence-electron chi connectivity index (χ0n) is 9.87. The summed E-state index contributed by atoms with van der Waals surface area (Å²) >= 11 is 0. The molecule has 0 aliphatic carbocycles. The van der Waals surface area contributed by atoms with E-state index >= 15 is 0 Å². The Bertz CT molecular complexity index is 316. The molecule has 0 aliphatic heterocycles. The quantitative estimate of drug-likeness (QED) is 0.819. The molecule has 0 saturated carbocycles. The number of ether oxygens (including phenoxy) is 1. The maximum Gasteiger partial charge on any atom is 0.136 e. The zero-order valence-corrected chi connectivity index (χ0v) is 9.87. The molecule has 0 fully saturated rings. The molecular formula is C11H19N3O. The molecule has 0 bridgehead atoms. The number of nitrogen functional groups attached to an aromatic ring is 1. The van der Waals surface area contributed by atoms with Crippen LogP contribution in [0.25, 0.3) is 0 Å². The van der Waals surface area contributed by atoms with Crippen molar-refractivity contribution in [2.24, 2.45) is 0 Å². The molecule has 84 valence electrons. The van der Waals surface area contributed by atoms with Gasteiger partial charge < -0.3 is 10.5 Å². The summed E-state index contributed by atoms with van der Waals surface area (Å²) < 4.78 is 5.07. The van der Waals surface area contributed by atoms with Gasteiger partial charge in [-0.2, -0.15) is 0 Å². The second-order valence-corrected chi connectivity index (χ2v) is 3.74. The highest BCUT2D eigenvalue weighted by atomic mass is 16.5. The molecule has 0 radical (unpaired) electrons. The van der Waals surface area contributed by atoms with Gasteiger partial charge in [0, 0.05) is 24.3 Å². The summed E-state index contributed by atoms with van der Waals surface area (Å²) in [5.74, 6) is 1.55. The highest BCUT2D eigenvalue weighted by Crippen LogP contribution is 2.18. The average Bonchev–Trinajstić information content (AvgIpc) is 2.17. The largest absolute Gasteiger partial charge is 0.384 e. The highest BCUT2D eigenvalue weighted by Gasteiger charge is 2.12. The van der Waals surface area contributed by atoms with Crippen LogP contribution in [0.2, 0.25) is 0 Å². The summed E-state index contributed by atoms with van der Waals surface area (Å²) in [5.41, 5.74) is 7.89. The Morgan fingerprint density at radius 3 is 2.53 bits per heavy atom. The van der Waals surface area contributed by atoms with E-state index in [2.05, 4.69) is 16.9 Å². The van der Waals surface area contributed by atoms with Gasteiger partial charge in [0.1, 0.15) is 11.6 Å². The number of nitrogens with zero attached hydrogens (tertiary/aromatic N) is 2. The van der Waals surface area contributed by atoms with E-state index in [4.69, 9.17) is 10.5 Å². The van der Waals surface area contributed by atoms with E-state index in [1.165, 1.54) is 0 Å². The molecule has 15 heavy (non-hydrogen) atoms. The predicted molar refractivity (Wildman–Crippen MR) is 60.9 cm³/mol. The van der Waals surface area contributed by atoms with Crippen molar-refractivity contribution in [3.63, 3.8) is 0 Å². The van der Waals surface area contributed by atoms with Crippen molar-refractivity contribution in [3.8, 4) is 0 Å². The van der Waals surface area contributed by atoms with Crippen molar-refractivity contribution >= 4 is 5.82 Å². The maximum absolute atomic E-state index is 5.87. The Morgan fingerprint density at radius 2 is 2.07 bits per heavy atom. The summed E-state index contributed by atoms with van der Waals surface area (Å²) in [4.78, 5) is 8.76. The number of aryl methyl sites for hydroxylation is 1. The van der Waals surface area contributed by atoms with Crippen molar-refractivity contribution < 1.29 is 4.74 Å². The molecule has 0 aromatic carbocycles. The van der Waals surface area contributed by atoms with Gasteiger partial charge >= 0.3 is 0 Å². The van der Waals surface area contributed by atoms with Crippen LogP contribution in [0.3, 0.4) is 0 Å². The van der Waals surface area contributed by atoms with E-state index < -0.39 is 0 Å². The fourth-order valence-electron chi connectivity index (χ4n) is 1.62. The minimum Gasteiger partial charge on any atom is -0.384 e. The van der Waals surface area contributed by atoms with Crippen LogP contribution in [-0.4, -0.2) is 23.7 Å². The fourth-order valence-corrected chi connectivity index (χ4v) is 1.62. The monoisotopic (exact) mass is 209 g/mol. The summed E-state index contributed by atoms with van der Waals surface area (Å²) in [7, 11) is 1.67. The van der Waals surface area contributed by atoms with Crippen molar-refractivity contribution in [2.45, 2.75) is 33.1 Å². The number of anilines is 1. The molecule has 2 N–H and O–H groups in total. The maximum atomic E-state index is 5.87. The van der Waals surface area contributed by atoms with E-state index in [-0.39, 0.29) is 5.92 Å². The molecule has 4 nitrogen and oxygen atoms in total. The van der Waals surface area contributed by atoms with E-state index in [0.717, 1.165) is 23.5 Å². The van der Waals surface area contributed by atoms with Gasteiger partial charge in [0.05, 0.1) is 6.61 Å². The van der Waals surface area contributed by atoms with E-state index in [9.17, 15) is 0 Å². The molecule has 1 unspecified atom stereocenters. The van der Waals surface area contributed by atoms with E-state index in [1.807, 2.05) is 13.8 Å². The van der Waals surface area contributed by atoms with Crippen LogP contribution in [0.5, 0.6) is 0 Å². The average molecular weight is 209 g/mol. The molecule has 4 heteroatoms. The Balaban J connectivity index is 3.02. The molecule has 1 heterocycles. The van der Waals surface area contributed by atoms with Gasteiger partial charge in [-0.05, 0) is 13.3 Å². The van der Waals surface area contributed by atoms with Crippen LogP contribution < -0.4 is 5.73 Å². The molecule has 1 aromatic rings. The minimum absolute atomic E-state index is 0.182. The van der Waals surface area contributed by atoms with Crippen molar-refractivity contribution in [1.82, 2.24) is 9.97 Å². The summed E-state index contributed by atoms with van der Waals surface area (Å²) in [6.07, 6.45) is 0.872. The van der Waals surface area contributed by atoms with Gasteiger partial charge in [-0.25, -0.2) is 9.97 Å². The first-order valence-corrected chi connectivity index (χ1v) is 5.21. The third-order valence-electron chi connectivity index (χ3n) is 2.47. The number of methoxy groups -OCH3 is 1.